The highest BCUT2D eigenvalue weighted by molar-refractivity contribution is 6.41. The Morgan fingerprint density at radius 1 is 0.620 bits per heavy atom. The SMILES string of the molecule is CN(C)c1ccc2c(-c3c(Cl)cc(C(=O)NCc4ccc(C(=O)NCc5c6oc7cc(O)ccc7c(-c7ccc(C(=O)O)cc7C(=O)O)c-6ccc5=O)cc4)c(Cl)c3C(=O)O)c3ccc(=N)cc-3oc2c1. The van der Waals surface area contributed by atoms with Gasteiger partial charge in [-0.25, -0.2) is 14.4 Å². The number of aromatic carboxylic acids is 3. The van der Waals surface area contributed by atoms with Gasteiger partial charge in [0.05, 0.1) is 49.8 Å². The highest BCUT2D eigenvalue weighted by Gasteiger charge is 2.30. The van der Waals surface area contributed by atoms with Gasteiger partial charge in [0.2, 0.25) is 0 Å². The summed E-state index contributed by atoms with van der Waals surface area (Å²) >= 11 is 13.7. The molecule has 2 heterocycles. The van der Waals surface area contributed by atoms with E-state index >= 15 is 0 Å². The largest absolute Gasteiger partial charge is 0.508 e. The Labute approximate surface area is 410 Å². The van der Waals surface area contributed by atoms with Crippen molar-refractivity contribution in [2.75, 3.05) is 19.0 Å². The number of fused-ring (bicyclic) bond motifs is 4. The molecule has 0 atom stereocenters. The Balaban J connectivity index is 0.958. The van der Waals surface area contributed by atoms with E-state index < -0.39 is 40.7 Å². The number of carbonyl (C=O) groups excluding carboxylic acids is 2. The smallest absolute Gasteiger partial charge is 0.337 e. The molecule has 71 heavy (non-hydrogen) atoms. The number of nitrogens with zero attached hydrogens (tertiary/aromatic N) is 1. The van der Waals surface area contributed by atoms with Gasteiger partial charge >= 0.3 is 17.9 Å². The van der Waals surface area contributed by atoms with Gasteiger partial charge in [-0.2, -0.15) is 0 Å². The molecule has 0 unspecified atom stereocenters. The van der Waals surface area contributed by atoms with Crippen LogP contribution in [0.25, 0.3) is 66.8 Å². The van der Waals surface area contributed by atoms with E-state index in [1.54, 1.807) is 30.3 Å². The van der Waals surface area contributed by atoms with Gasteiger partial charge in [0, 0.05) is 88.7 Å². The minimum absolute atomic E-state index is 0.000810. The topological polar surface area (TPSA) is 261 Å². The fourth-order valence-corrected chi connectivity index (χ4v) is 9.11. The number of phenolic OH excluding ortho intramolecular Hbond substituents is 1. The second-order valence-corrected chi connectivity index (χ2v) is 17.3. The first-order chi connectivity index (χ1) is 33.9. The molecular weight excluding hydrogens is 956 g/mol. The lowest BCUT2D eigenvalue weighted by atomic mass is 9.88. The summed E-state index contributed by atoms with van der Waals surface area (Å²) in [4.78, 5) is 79.7. The highest BCUT2D eigenvalue weighted by atomic mass is 35.5. The molecule has 0 spiro atoms. The number of anilines is 1. The zero-order chi connectivity index (χ0) is 50.6. The van der Waals surface area contributed by atoms with Crippen LogP contribution in [0.1, 0.15) is 62.9 Å². The van der Waals surface area contributed by atoms with Crippen LogP contribution in [-0.2, 0) is 13.1 Å². The number of aromatic hydroxyl groups is 1. The molecule has 5 aromatic carbocycles. The van der Waals surface area contributed by atoms with Crippen LogP contribution in [0, 0.1) is 5.41 Å². The van der Waals surface area contributed by atoms with E-state index in [-0.39, 0.29) is 95.7 Å². The maximum Gasteiger partial charge on any atom is 0.337 e. The van der Waals surface area contributed by atoms with Gasteiger partial charge in [0.15, 0.2) is 5.43 Å². The lowest BCUT2D eigenvalue weighted by molar-refractivity contribution is 0.0682. The van der Waals surface area contributed by atoms with Crippen LogP contribution in [0.4, 0.5) is 5.69 Å². The number of halogens is 2. The van der Waals surface area contributed by atoms with Crippen LogP contribution in [0.5, 0.6) is 5.75 Å². The number of rotatable bonds is 12. The molecule has 0 radical (unpaired) electrons. The van der Waals surface area contributed by atoms with Crippen molar-refractivity contribution in [1.82, 2.24) is 10.6 Å². The quantitative estimate of drug-likeness (QED) is 0.0563. The van der Waals surface area contributed by atoms with Crippen LogP contribution < -0.4 is 26.3 Å². The first-order valence-electron chi connectivity index (χ1n) is 21.4. The van der Waals surface area contributed by atoms with Crippen LogP contribution in [-0.4, -0.2) is 64.2 Å². The standard InChI is InChI=1S/C53H36Cl2N4O12/c1-59(2)28-9-13-33-41(19-28)70-40-18-27(56)8-12-32(40)44(33)45-38(54)21-36(47(55)46(45)53(68)69)50(63)57-22-24-3-5-25(6-4-24)49(62)58-23-37-39(61)16-15-34-43(31-14-10-29(60)20-42(31)71-48(34)37)30-11-7-26(51(64)65)17-35(30)52(66)67/h3-21,56,60H,22-23H2,1-2H3,(H,57,63)(H,58,62)(H,64,65)(H,66,67)(H,68,69). The van der Waals surface area contributed by atoms with Gasteiger partial charge in [-0.1, -0.05) is 41.4 Å². The molecule has 0 saturated heterocycles. The molecule has 0 bridgehead atoms. The number of amides is 2. The number of benzene rings is 7. The van der Waals surface area contributed by atoms with Gasteiger partial charge in [-0.3, -0.25) is 14.4 Å². The van der Waals surface area contributed by atoms with E-state index in [2.05, 4.69) is 10.6 Å². The van der Waals surface area contributed by atoms with Gasteiger partial charge < -0.3 is 50.2 Å². The number of carboxylic acids is 3. The molecule has 2 amide bonds. The monoisotopic (exact) mass is 990 g/mol. The Kier molecular flexibility index (Phi) is 12.3. The first-order valence-corrected chi connectivity index (χ1v) is 22.1. The van der Waals surface area contributed by atoms with Gasteiger partial charge in [0.25, 0.3) is 11.8 Å². The molecule has 16 nitrogen and oxygen atoms in total. The van der Waals surface area contributed by atoms with E-state index in [1.807, 2.05) is 25.1 Å². The van der Waals surface area contributed by atoms with E-state index in [0.29, 0.717) is 38.8 Å². The second-order valence-electron chi connectivity index (χ2n) is 16.5. The molecule has 2 aliphatic carbocycles. The Morgan fingerprint density at radius 3 is 1.99 bits per heavy atom. The van der Waals surface area contributed by atoms with Crippen molar-refractivity contribution in [3.8, 4) is 50.7 Å². The van der Waals surface area contributed by atoms with E-state index in [0.717, 1.165) is 11.8 Å². The minimum Gasteiger partial charge on any atom is -0.508 e. The van der Waals surface area contributed by atoms with Gasteiger partial charge in [-0.05, 0) is 90.0 Å². The second kappa shape index (κ2) is 18.5. The normalized spacial score (nSPS) is 11.3. The van der Waals surface area contributed by atoms with Crippen molar-refractivity contribution < 1.29 is 53.2 Å². The predicted molar refractivity (Wildman–Crippen MR) is 264 cm³/mol. The number of nitrogens with one attached hydrogen (secondary N) is 3. The third-order valence-corrected chi connectivity index (χ3v) is 12.6. The molecular formula is C53H36Cl2N4O12. The predicted octanol–water partition coefficient (Wildman–Crippen LogP) is 9.60. The van der Waals surface area contributed by atoms with Crippen LogP contribution in [0.15, 0.2) is 129 Å². The average Bonchev–Trinajstić information content (AvgIpc) is 3.33. The maximum atomic E-state index is 13.7. The van der Waals surface area contributed by atoms with Crippen LogP contribution >= 0.6 is 23.2 Å². The number of carboxylic acid groups (broad SMARTS) is 3. The van der Waals surface area contributed by atoms with Crippen molar-refractivity contribution in [3.05, 3.63) is 180 Å². The Bertz CT molecular complexity index is 3810. The Morgan fingerprint density at radius 2 is 1.28 bits per heavy atom. The number of hydrogen-bond donors (Lipinski definition) is 7. The summed E-state index contributed by atoms with van der Waals surface area (Å²) in [6, 6.07) is 27.9. The van der Waals surface area contributed by atoms with Crippen LogP contribution in [0.2, 0.25) is 10.0 Å². The summed E-state index contributed by atoms with van der Waals surface area (Å²) in [6.45, 7) is -0.427. The molecule has 9 rings (SSSR count). The van der Waals surface area contributed by atoms with Crippen molar-refractivity contribution in [2.45, 2.75) is 13.1 Å². The summed E-state index contributed by atoms with van der Waals surface area (Å²) in [5.41, 5.74) is 1.81. The zero-order valence-corrected chi connectivity index (χ0v) is 38.7. The van der Waals surface area contributed by atoms with E-state index in [4.69, 9.17) is 37.4 Å². The summed E-state index contributed by atoms with van der Waals surface area (Å²) in [5, 5.41) is 54.9. The van der Waals surface area contributed by atoms with Crippen molar-refractivity contribution in [2.24, 2.45) is 0 Å². The van der Waals surface area contributed by atoms with E-state index in [9.17, 15) is 49.2 Å². The van der Waals surface area contributed by atoms with E-state index in [1.165, 1.54) is 72.8 Å². The van der Waals surface area contributed by atoms with Crippen molar-refractivity contribution in [1.29, 1.82) is 5.41 Å². The third kappa shape index (κ3) is 8.73. The third-order valence-electron chi connectivity index (χ3n) is 11.9. The lowest BCUT2D eigenvalue weighted by Gasteiger charge is -2.21. The lowest BCUT2D eigenvalue weighted by Crippen LogP contribution is -2.27. The maximum absolute atomic E-state index is 13.7. The van der Waals surface area contributed by atoms with Crippen molar-refractivity contribution >= 4 is 80.6 Å². The number of phenols is 1. The Hall–Kier alpha value is -8.99. The van der Waals surface area contributed by atoms with Crippen molar-refractivity contribution in [3.63, 3.8) is 0 Å². The number of carbonyl (C=O) groups is 5. The molecule has 7 N–H and O–H groups in total. The molecule has 0 fully saturated rings. The fraction of sp³-hybridized carbons (Fsp3) is 0.0755. The highest BCUT2D eigenvalue weighted by Crippen LogP contribution is 2.47. The molecule has 2 aliphatic heterocycles. The molecule has 354 valence electrons. The molecule has 0 aromatic heterocycles. The summed E-state index contributed by atoms with van der Waals surface area (Å²) in [6.07, 6.45) is 0. The first kappa shape index (κ1) is 47.1. The molecule has 5 aromatic rings. The van der Waals surface area contributed by atoms with Gasteiger partial charge in [0.1, 0.15) is 28.4 Å². The average molecular weight is 992 g/mol. The van der Waals surface area contributed by atoms with Crippen LogP contribution in [0.3, 0.4) is 0 Å². The summed E-state index contributed by atoms with van der Waals surface area (Å²) < 4.78 is 12.4. The summed E-state index contributed by atoms with van der Waals surface area (Å²) in [7, 11) is 3.71. The number of hydrogen-bond acceptors (Lipinski definition) is 11. The zero-order valence-electron chi connectivity index (χ0n) is 37.1. The van der Waals surface area contributed by atoms with Gasteiger partial charge in [-0.15, -0.1) is 0 Å². The molecule has 0 saturated carbocycles. The fourth-order valence-electron chi connectivity index (χ4n) is 8.50. The summed E-state index contributed by atoms with van der Waals surface area (Å²) in [5.74, 6) is -5.42. The molecule has 4 aliphatic rings. The minimum atomic E-state index is -1.45. The molecule has 18 heteroatoms.